The van der Waals surface area contributed by atoms with E-state index in [1.165, 1.54) is 0 Å². The van der Waals surface area contributed by atoms with E-state index in [4.69, 9.17) is 22.1 Å². The normalized spacial score (nSPS) is 12.3. The zero-order valence-electron chi connectivity index (χ0n) is 9.92. The minimum absolute atomic E-state index is 0.119. The van der Waals surface area contributed by atoms with Crippen molar-refractivity contribution in [2.75, 3.05) is 6.54 Å². The SMILES string of the molecule is NCC(OCc1cccc(Cl)c1)c1ccncc1. The van der Waals surface area contributed by atoms with Crippen molar-refractivity contribution < 1.29 is 4.74 Å². The Kier molecular flexibility index (Phi) is 4.70. The van der Waals surface area contributed by atoms with Gasteiger partial charge in [0.15, 0.2) is 0 Å². The molecule has 4 heteroatoms. The number of benzene rings is 1. The number of nitrogens with zero attached hydrogens (tertiary/aromatic N) is 1. The molecule has 0 radical (unpaired) electrons. The standard InChI is InChI=1S/C14H15ClN2O/c15-13-3-1-2-11(8-13)10-18-14(9-16)12-4-6-17-7-5-12/h1-8,14H,9-10,16H2. The number of hydrogen-bond donors (Lipinski definition) is 1. The lowest BCUT2D eigenvalue weighted by Crippen LogP contribution is -2.15. The molecule has 2 N–H and O–H groups in total. The number of hydrogen-bond acceptors (Lipinski definition) is 3. The van der Waals surface area contributed by atoms with Gasteiger partial charge in [0.25, 0.3) is 0 Å². The first-order valence-corrected chi connectivity index (χ1v) is 6.13. The molecule has 0 saturated heterocycles. The molecule has 2 rings (SSSR count). The molecule has 94 valence electrons. The van der Waals surface area contributed by atoms with Gasteiger partial charge in [-0.15, -0.1) is 0 Å². The quantitative estimate of drug-likeness (QED) is 0.901. The zero-order valence-corrected chi connectivity index (χ0v) is 10.7. The summed E-state index contributed by atoms with van der Waals surface area (Å²) in [4.78, 5) is 3.98. The monoisotopic (exact) mass is 262 g/mol. The third-order valence-electron chi connectivity index (χ3n) is 2.63. The van der Waals surface area contributed by atoms with Crippen LogP contribution in [0.2, 0.25) is 5.02 Å². The summed E-state index contributed by atoms with van der Waals surface area (Å²) < 4.78 is 5.81. The topological polar surface area (TPSA) is 48.1 Å². The summed E-state index contributed by atoms with van der Waals surface area (Å²) in [5.41, 5.74) is 7.80. The number of aromatic nitrogens is 1. The summed E-state index contributed by atoms with van der Waals surface area (Å²) in [6.07, 6.45) is 3.36. The maximum Gasteiger partial charge on any atom is 0.0952 e. The van der Waals surface area contributed by atoms with Crippen LogP contribution in [0.3, 0.4) is 0 Å². The van der Waals surface area contributed by atoms with Crippen molar-refractivity contribution in [1.29, 1.82) is 0 Å². The number of pyridine rings is 1. The Morgan fingerprint density at radius 3 is 2.67 bits per heavy atom. The van der Waals surface area contributed by atoms with Crippen molar-refractivity contribution in [2.24, 2.45) is 5.73 Å². The summed E-state index contributed by atoms with van der Waals surface area (Å²) in [5.74, 6) is 0. The molecular formula is C14H15ClN2O. The van der Waals surface area contributed by atoms with Crippen LogP contribution >= 0.6 is 11.6 Å². The lowest BCUT2D eigenvalue weighted by atomic mass is 10.1. The fourth-order valence-corrected chi connectivity index (χ4v) is 1.91. The Hall–Kier alpha value is -1.42. The minimum atomic E-state index is -0.119. The first-order valence-electron chi connectivity index (χ1n) is 5.75. The average molecular weight is 263 g/mol. The largest absolute Gasteiger partial charge is 0.368 e. The van der Waals surface area contributed by atoms with Gasteiger partial charge in [-0.1, -0.05) is 23.7 Å². The predicted octanol–water partition coefficient (Wildman–Crippen LogP) is 2.95. The van der Waals surface area contributed by atoms with Gasteiger partial charge in [0.1, 0.15) is 0 Å². The summed E-state index contributed by atoms with van der Waals surface area (Å²) in [6.45, 7) is 0.926. The smallest absolute Gasteiger partial charge is 0.0952 e. The summed E-state index contributed by atoms with van der Waals surface area (Å²) >= 11 is 5.92. The summed E-state index contributed by atoms with van der Waals surface area (Å²) in [6, 6.07) is 11.4. The molecule has 1 atom stereocenters. The maximum absolute atomic E-state index is 5.92. The van der Waals surface area contributed by atoms with Crippen molar-refractivity contribution in [3.63, 3.8) is 0 Å². The Morgan fingerprint density at radius 1 is 1.22 bits per heavy atom. The molecule has 0 fully saturated rings. The second-order valence-corrected chi connectivity index (χ2v) is 4.38. The van der Waals surface area contributed by atoms with E-state index in [2.05, 4.69) is 4.98 Å². The zero-order chi connectivity index (χ0) is 12.8. The van der Waals surface area contributed by atoms with Crippen LogP contribution in [0, 0.1) is 0 Å². The second-order valence-electron chi connectivity index (χ2n) is 3.95. The molecule has 1 unspecified atom stereocenters. The first-order chi connectivity index (χ1) is 8.79. The van der Waals surface area contributed by atoms with E-state index in [1.54, 1.807) is 12.4 Å². The third kappa shape index (κ3) is 3.53. The molecule has 2 aromatic rings. The van der Waals surface area contributed by atoms with Crippen molar-refractivity contribution in [3.05, 3.63) is 64.9 Å². The lowest BCUT2D eigenvalue weighted by Gasteiger charge is -2.16. The van der Waals surface area contributed by atoms with Gasteiger partial charge in [0.05, 0.1) is 12.7 Å². The number of ether oxygens (including phenoxy) is 1. The number of halogens is 1. The van der Waals surface area contributed by atoms with Crippen molar-refractivity contribution in [1.82, 2.24) is 4.98 Å². The Morgan fingerprint density at radius 2 is 2.00 bits per heavy atom. The van der Waals surface area contributed by atoms with E-state index in [-0.39, 0.29) is 6.10 Å². The van der Waals surface area contributed by atoms with Crippen LogP contribution in [0.25, 0.3) is 0 Å². The third-order valence-corrected chi connectivity index (χ3v) is 2.87. The molecule has 0 amide bonds. The summed E-state index contributed by atoms with van der Waals surface area (Å²) in [7, 11) is 0. The average Bonchev–Trinajstić information content (AvgIpc) is 2.41. The number of rotatable bonds is 5. The summed E-state index contributed by atoms with van der Waals surface area (Å²) in [5, 5.41) is 0.712. The number of nitrogens with two attached hydrogens (primary N) is 1. The fraction of sp³-hybridized carbons (Fsp3) is 0.214. The molecule has 1 heterocycles. The van der Waals surface area contributed by atoms with Gasteiger partial charge < -0.3 is 10.5 Å². The highest BCUT2D eigenvalue weighted by Gasteiger charge is 2.09. The van der Waals surface area contributed by atoms with E-state index in [0.29, 0.717) is 18.2 Å². The molecule has 0 spiro atoms. The molecule has 0 aliphatic rings. The molecule has 18 heavy (non-hydrogen) atoms. The van der Waals surface area contributed by atoms with Crippen molar-refractivity contribution in [2.45, 2.75) is 12.7 Å². The van der Waals surface area contributed by atoms with Crippen LogP contribution < -0.4 is 5.73 Å². The van der Waals surface area contributed by atoms with Gasteiger partial charge in [-0.2, -0.15) is 0 Å². The highest BCUT2D eigenvalue weighted by molar-refractivity contribution is 6.30. The van der Waals surface area contributed by atoms with Gasteiger partial charge in [-0.05, 0) is 35.4 Å². The van der Waals surface area contributed by atoms with Crippen LogP contribution in [-0.4, -0.2) is 11.5 Å². The minimum Gasteiger partial charge on any atom is -0.368 e. The predicted molar refractivity (Wildman–Crippen MR) is 72.3 cm³/mol. The van der Waals surface area contributed by atoms with E-state index >= 15 is 0 Å². The van der Waals surface area contributed by atoms with Gasteiger partial charge in [-0.3, -0.25) is 4.98 Å². The molecule has 0 aliphatic carbocycles. The molecule has 1 aromatic carbocycles. The Bertz CT molecular complexity index is 490. The van der Waals surface area contributed by atoms with E-state index in [1.807, 2.05) is 36.4 Å². The van der Waals surface area contributed by atoms with E-state index in [0.717, 1.165) is 11.1 Å². The Labute approximate surface area is 112 Å². The van der Waals surface area contributed by atoms with Gasteiger partial charge in [0, 0.05) is 24.0 Å². The van der Waals surface area contributed by atoms with Gasteiger partial charge in [-0.25, -0.2) is 0 Å². The molecule has 0 bridgehead atoms. The molecular weight excluding hydrogens is 248 g/mol. The van der Waals surface area contributed by atoms with Crippen LogP contribution in [0.5, 0.6) is 0 Å². The Balaban J connectivity index is 2.00. The first kappa shape index (κ1) is 13.0. The lowest BCUT2D eigenvalue weighted by molar-refractivity contribution is 0.0456. The van der Waals surface area contributed by atoms with E-state index in [9.17, 15) is 0 Å². The van der Waals surface area contributed by atoms with Gasteiger partial charge in [0.2, 0.25) is 0 Å². The highest BCUT2D eigenvalue weighted by Crippen LogP contribution is 2.18. The van der Waals surface area contributed by atoms with Crippen LogP contribution in [-0.2, 0) is 11.3 Å². The maximum atomic E-state index is 5.92. The highest BCUT2D eigenvalue weighted by atomic mass is 35.5. The van der Waals surface area contributed by atoms with Crippen LogP contribution in [0.4, 0.5) is 0 Å². The molecule has 3 nitrogen and oxygen atoms in total. The van der Waals surface area contributed by atoms with Gasteiger partial charge >= 0.3 is 0 Å². The fourth-order valence-electron chi connectivity index (χ4n) is 1.70. The molecule has 1 aromatic heterocycles. The molecule has 0 aliphatic heterocycles. The van der Waals surface area contributed by atoms with E-state index < -0.39 is 0 Å². The van der Waals surface area contributed by atoms with Crippen LogP contribution in [0.15, 0.2) is 48.8 Å². The second kappa shape index (κ2) is 6.50. The van der Waals surface area contributed by atoms with Crippen LogP contribution in [0.1, 0.15) is 17.2 Å². The molecule has 0 saturated carbocycles. The van der Waals surface area contributed by atoms with Crippen molar-refractivity contribution >= 4 is 11.6 Å². The van der Waals surface area contributed by atoms with Crippen molar-refractivity contribution in [3.8, 4) is 0 Å².